The quantitative estimate of drug-likeness (QED) is 0.774. The first-order valence-electron chi connectivity index (χ1n) is 6.22. The molecule has 108 valence electrons. The molecule has 0 aliphatic carbocycles. The summed E-state index contributed by atoms with van der Waals surface area (Å²) in [5, 5.41) is 2.43. The van der Waals surface area contributed by atoms with Gasteiger partial charge in [-0.25, -0.2) is 0 Å². The summed E-state index contributed by atoms with van der Waals surface area (Å²) in [4.78, 5) is 22.9. The second-order valence-electron chi connectivity index (χ2n) is 4.19. The number of hydrogen-bond acceptors (Lipinski definition) is 5. The van der Waals surface area contributed by atoms with E-state index in [1.54, 1.807) is 0 Å². The maximum Gasteiger partial charge on any atom is 0.236 e. The van der Waals surface area contributed by atoms with E-state index in [1.165, 1.54) is 11.8 Å². The fourth-order valence-corrected chi connectivity index (χ4v) is 2.37. The highest BCUT2D eigenvalue weighted by Gasteiger charge is 2.11. The molecule has 0 radical (unpaired) electrons. The third-order valence-electron chi connectivity index (χ3n) is 2.55. The number of primary amides is 1. The van der Waals surface area contributed by atoms with E-state index in [-0.39, 0.29) is 18.2 Å². The number of thioether (sulfide) groups is 1. The zero-order valence-corrected chi connectivity index (χ0v) is 11.7. The molecule has 2 rings (SSSR count). The topological polar surface area (TPSA) is 90.7 Å². The van der Waals surface area contributed by atoms with Crippen LogP contribution in [0, 0.1) is 0 Å². The molecule has 0 saturated carbocycles. The van der Waals surface area contributed by atoms with Gasteiger partial charge in [-0.15, -0.1) is 11.8 Å². The third-order valence-corrected chi connectivity index (χ3v) is 3.54. The minimum absolute atomic E-state index is 0.138. The van der Waals surface area contributed by atoms with Gasteiger partial charge >= 0.3 is 0 Å². The van der Waals surface area contributed by atoms with Crippen LogP contribution in [0.1, 0.15) is 6.42 Å². The van der Waals surface area contributed by atoms with E-state index in [2.05, 4.69) is 5.32 Å². The minimum atomic E-state index is -0.557. The van der Waals surface area contributed by atoms with Gasteiger partial charge in [0.2, 0.25) is 11.8 Å². The molecule has 0 fully saturated rings. The molecule has 1 aliphatic rings. The first-order chi connectivity index (χ1) is 9.65. The first-order valence-corrected chi connectivity index (χ1v) is 7.21. The van der Waals surface area contributed by atoms with Crippen molar-refractivity contribution in [2.24, 2.45) is 5.73 Å². The van der Waals surface area contributed by atoms with Crippen molar-refractivity contribution in [3.63, 3.8) is 0 Å². The summed E-state index contributed by atoms with van der Waals surface area (Å²) in [5.74, 6) is 0.849. The molecule has 1 heterocycles. The molecule has 0 saturated heterocycles. The number of nitrogens with one attached hydrogen (secondary N) is 1. The molecule has 6 nitrogen and oxygen atoms in total. The van der Waals surface area contributed by atoms with Crippen LogP contribution in [0.5, 0.6) is 11.5 Å². The Bertz CT molecular complexity index is 507. The average molecular weight is 296 g/mol. The molecule has 1 aromatic rings. The molecule has 1 aliphatic heterocycles. The molecule has 0 aromatic heterocycles. The largest absolute Gasteiger partial charge is 0.490 e. The van der Waals surface area contributed by atoms with Gasteiger partial charge in [-0.05, 0) is 18.2 Å². The van der Waals surface area contributed by atoms with E-state index in [0.29, 0.717) is 19.0 Å². The molecule has 3 N–H and O–H groups in total. The monoisotopic (exact) mass is 296 g/mol. The van der Waals surface area contributed by atoms with Crippen LogP contribution >= 0.6 is 11.8 Å². The van der Waals surface area contributed by atoms with Crippen LogP contribution in [0.15, 0.2) is 23.1 Å². The predicted octanol–water partition coefficient (Wildman–Crippen LogP) is 0.541. The highest BCUT2D eigenvalue weighted by Crippen LogP contribution is 2.33. The summed E-state index contributed by atoms with van der Waals surface area (Å²) in [7, 11) is 0. The highest BCUT2D eigenvalue weighted by molar-refractivity contribution is 8.00. The van der Waals surface area contributed by atoms with Gasteiger partial charge in [0.1, 0.15) is 0 Å². The second kappa shape index (κ2) is 7.04. The van der Waals surface area contributed by atoms with E-state index >= 15 is 0 Å². The highest BCUT2D eigenvalue weighted by atomic mass is 32.2. The lowest BCUT2D eigenvalue weighted by atomic mass is 10.3. The normalized spacial score (nSPS) is 13.4. The van der Waals surface area contributed by atoms with Crippen molar-refractivity contribution in [2.75, 3.05) is 25.5 Å². The Morgan fingerprint density at radius 1 is 1.25 bits per heavy atom. The molecule has 1 aromatic carbocycles. The van der Waals surface area contributed by atoms with E-state index in [9.17, 15) is 9.59 Å². The Morgan fingerprint density at radius 2 is 2.00 bits per heavy atom. The molecule has 2 amide bonds. The number of carbonyl (C=O) groups excluding carboxylic acids is 2. The molecule has 0 bridgehead atoms. The van der Waals surface area contributed by atoms with Crippen LogP contribution in [0.2, 0.25) is 0 Å². The van der Waals surface area contributed by atoms with E-state index in [1.807, 2.05) is 18.2 Å². The van der Waals surface area contributed by atoms with Gasteiger partial charge in [-0.3, -0.25) is 9.59 Å². The van der Waals surface area contributed by atoms with Gasteiger partial charge in [0.25, 0.3) is 0 Å². The number of fused-ring (bicyclic) bond motifs is 1. The van der Waals surface area contributed by atoms with Gasteiger partial charge in [0.15, 0.2) is 11.5 Å². The first kappa shape index (κ1) is 14.5. The van der Waals surface area contributed by atoms with Crippen LogP contribution < -0.4 is 20.5 Å². The van der Waals surface area contributed by atoms with Crippen molar-refractivity contribution in [1.82, 2.24) is 5.32 Å². The standard InChI is InChI=1S/C13H16N2O4S/c14-12(16)7-15-13(17)8-20-9-2-3-10-11(6-9)19-5-1-4-18-10/h2-3,6H,1,4-5,7-8H2,(H2,14,16)(H,15,17). The Kier molecular flexibility index (Phi) is 5.11. The van der Waals surface area contributed by atoms with Crippen LogP contribution in [0.3, 0.4) is 0 Å². The predicted molar refractivity (Wildman–Crippen MR) is 75.0 cm³/mol. The zero-order chi connectivity index (χ0) is 14.4. The summed E-state index contributed by atoms with van der Waals surface area (Å²) >= 11 is 1.36. The Hall–Kier alpha value is -1.89. The molecule has 0 atom stereocenters. The molecular formula is C13H16N2O4S. The van der Waals surface area contributed by atoms with Crippen molar-refractivity contribution >= 4 is 23.6 Å². The van der Waals surface area contributed by atoms with Crippen molar-refractivity contribution in [3.8, 4) is 11.5 Å². The lowest BCUT2D eigenvalue weighted by Gasteiger charge is -2.09. The van der Waals surface area contributed by atoms with E-state index in [0.717, 1.165) is 17.1 Å². The molecule has 7 heteroatoms. The van der Waals surface area contributed by atoms with Gasteiger partial charge in [-0.2, -0.15) is 0 Å². The van der Waals surface area contributed by atoms with Crippen LogP contribution in [-0.4, -0.2) is 37.3 Å². The zero-order valence-electron chi connectivity index (χ0n) is 10.9. The molecular weight excluding hydrogens is 280 g/mol. The van der Waals surface area contributed by atoms with Crippen molar-refractivity contribution in [3.05, 3.63) is 18.2 Å². The molecule has 0 unspecified atom stereocenters. The van der Waals surface area contributed by atoms with Crippen LogP contribution in [0.4, 0.5) is 0 Å². The summed E-state index contributed by atoms with van der Waals surface area (Å²) in [6, 6.07) is 5.57. The lowest BCUT2D eigenvalue weighted by Crippen LogP contribution is -2.34. The number of benzene rings is 1. The molecule has 20 heavy (non-hydrogen) atoms. The number of ether oxygens (including phenoxy) is 2. The number of rotatable bonds is 5. The number of amides is 2. The summed E-state index contributed by atoms with van der Waals surface area (Å²) in [6.45, 7) is 1.13. The number of hydrogen-bond donors (Lipinski definition) is 2. The smallest absolute Gasteiger partial charge is 0.236 e. The third kappa shape index (κ3) is 4.34. The summed E-state index contributed by atoms with van der Waals surface area (Å²) in [6.07, 6.45) is 0.854. The maximum atomic E-state index is 11.5. The van der Waals surface area contributed by atoms with Gasteiger partial charge in [0, 0.05) is 11.3 Å². The fourth-order valence-electron chi connectivity index (χ4n) is 1.62. The fraction of sp³-hybridized carbons (Fsp3) is 0.385. The second-order valence-corrected chi connectivity index (χ2v) is 5.24. The lowest BCUT2D eigenvalue weighted by molar-refractivity contribution is -0.123. The Morgan fingerprint density at radius 3 is 2.75 bits per heavy atom. The molecule has 0 spiro atoms. The van der Waals surface area contributed by atoms with E-state index < -0.39 is 5.91 Å². The summed E-state index contributed by atoms with van der Waals surface area (Å²) < 4.78 is 11.1. The Labute approximate surface area is 121 Å². The maximum absolute atomic E-state index is 11.5. The number of nitrogens with two attached hydrogens (primary N) is 1. The van der Waals surface area contributed by atoms with Gasteiger partial charge < -0.3 is 20.5 Å². The number of carbonyl (C=O) groups is 2. The SMILES string of the molecule is NC(=O)CNC(=O)CSc1ccc2c(c1)OCCCO2. The van der Waals surface area contributed by atoms with Gasteiger partial charge in [-0.1, -0.05) is 0 Å². The Balaban J connectivity index is 1.88. The van der Waals surface area contributed by atoms with Crippen LogP contribution in [0.25, 0.3) is 0 Å². The van der Waals surface area contributed by atoms with E-state index in [4.69, 9.17) is 15.2 Å². The van der Waals surface area contributed by atoms with Crippen molar-refractivity contribution < 1.29 is 19.1 Å². The van der Waals surface area contributed by atoms with Crippen LogP contribution in [-0.2, 0) is 9.59 Å². The van der Waals surface area contributed by atoms with Crippen molar-refractivity contribution in [2.45, 2.75) is 11.3 Å². The van der Waals surface area contributed by atoms with Gasteiger partial charge in [0.05, 0.1) is 25.5 Å². The minimum Gasteiger partial charge on any atom is -0.490 e. The van der Waals surface area contributed by atoms with Crippen molar-refractivity contribution in [1.29, 1.82) is 0 Å². The average Bonchev–Trinajstić information content (AvgIpc) is 2.67. The summed E-state index contributed by atoms with van der Waals surface area (Å²) in [5.41, 5.74) is 4.95.